The predicted molar refractivity (Wildman–Crippen MR) is 139 cm³/mol. The maximum atomic E-state index is 13.3. The zero-order valence-electron chi connectivity index (χ0n) is 19.0. The van der Waals surface area contributed by atoms with Crippen LogP contribution in [0.2, 0.25) is 9.36 Å². The summed E-state index contributed by atoms with van der Waals surface area (Å²) in [5, 5.41) is 8.42. The zero-order chi connectivity index (χ0) is 24.5. The van der Waals surface area contributed by atoms with Crippen molar-refractivity contribution < 1.29 is 4.79 Å². The highest BCUT2D eigenvalue weighted by molar-refractivity contribution is 7.16. The van der Waals surface area contributed by atoms with E-state index in [1.165, 1.54) is 16.0 Å². The topological polar surface area (TPSA) is 68.9 Å². The van der Waals surface area contributed by atoms with Crippen molar-refractivity contribution in [2.45, 2.75) is 33.9 Å². The number of hydrogen-bond acceptors (Lipinski definition) is 5. The Morgan fingerprint density at radius 3 is 2.56 bits per heavy atom. The summed E-state index contributed by atoms with van der Waals surface area (Å²) in [4.78, 5) is 27.4. The van der Waals surface area contributed by atoms with Crippen molar-refractivity contribution in [3.8, 4) is 11.3 Å². The molecule has 1 aromatic carbocycles. The average molecular weight is 515 g/mol. The van der Waals surface area contributed by atoms with Crippen molar-refractivity contribution >= 4 is 46.3 Å². The summed E-state index contributed by atoms with van der Waals surface area (Å²) < 4.78 is 3.64. The molecule has 0 aliphatic heterocycles. The quantitative estimate of drug-likeness (QED) is 0.322. The van der Waals surface area contributed by atoms with Crippen LogP contribution in [0.3, 0.4) is 0 Å². The predicted octanol–water partition coefficient (Wildman–Crippen LogP) is 6.43. The molecule has 0 spiro atoms. The van der Waals surface area contributed by atoms with Gasteiger partial charge in [0.15, 0.2) is 0 Å². The van der Waals surface area contributed by atoms with Crippen molar-refractivity contribution in [1.82, 2.24) is 14.3 Å². The number of carbonyl (C=O) groups excluding carboxylic acids is 1. The van der Waals surface area contributed by atoms with E-state index in [0.29, 0.717) is 39.5 Å². The Morgan fingerprint density at radius 1 is 1.09 bits per heavy atom. The van der Waals surface area contributed by atoms with Gasteiger partial charge in [0, 0.05) is 27.6 Å². The van der Waals surface area contributed by atoms with Gasteiger partial charge in [0.05, 0.1) is 23.0 Å². The second kappa shape index (κ2) is 9.78. The van der Waals surface area contributed by atoms with Crippen LogP contribution >= 0.6 is 34.5 Å². The Kier molecular flexibility index (Phi) is 6.98. The monoisotopic (exact) mass is 514 g/mol. The lowest BCUT2D eigenvalue weighted by Crippen LogP contribution is -2.29. The van der Waals surface area contributed by atoms with Crippen LogP contribution in [-0.4, -0.2) is 20.3 Å². The Labute approximate surface area is 211 Å². The van der Waals surface area contributed by atoms with Crippen molar-refractivity contribution in [3.63, 3.8) is 0 Å². The first-order valence-electron chi connectivity index (χ1n) is 10.7. The molecule has 0 saturated carbocycles. The number of nitrogens with one attached hydrogen (secondary N) is 1. The molecule has 3 heterocycles. The average Bonchev–Trinajstić information content (AvgIpc) is 3.38. The molecule has 6 nitrogen and oxygen atoms in total. The van der Waals surface area contributed by atoms with E-state index in [-0.39, 0.29) is 11.5 Å². The molecule has 0 fully saturated rings. The molecule has 0 atom stereocenters. The molecule has 3 aromatic heterocycles. The molecule has 0 unspecified atom stereocenters. The smallest absolute Gasteiger partial charge is 0.260 e. The van der Waals surface area contributed by atoms with Gasteiger partial charge in [0.25, 0.3) is 11.5 Å². The second-order valence-corrected chi connectivity index (χ2v) is 11.2. The van der Waals surface area contributed by atoms with Crippen LogP contribution < -0.4 is 10.9 Å². The molecule has 0 bridgehead atoms. The Balaban J connectivity index is 1.70. The van der Waals surface area contributed by atoms with E-state index >= 15 is 0 Å². The van der Waals surface area contributed by atoms with Gasteiger partial charge >= 0.3 is 0 Å². The molecule has 34 heavy (non-hydrogen) atoms. The van der Waals surface area contributed by atoms with Crippen molar-refractivity contribution in [1.29, 1.82) is 0 Å². The largest absolute Gasteiger partial charge is 0.365 e. The number of pyridine rings is 1. The van der Waals surface area contributed by atoms with Gasteiger partial charge in [0.2, 0.25) is 0 Å². The fourth-order valence-electron chi connectivity index (χ4n) is 3.42. The minimum atomic E-state index is -0.657. The molecule has 4 rings (SSSR count). The number of thiophene rings is 1. The normalized spacial score (nSPS) is 11.6. The number of hydrogen-bond donors (Lipinski definition) is 1. The van der Waals surface area contributed by atoms with E-state index in [0.717, 1.165) is 10.4 Å². The molecular weight excluding hydrogens is 491 g/mol. The number of anilines is 1. The Morgan fingerprint density at radius 2 is 1.88 bits per heavy atom. The molecule has 0 amide bonds. The zero-order valence-corrected chi connectivity index (χ0v) is 21.3. The van der Waals surface area contributed by atoms with Crippen molar-refractivity contribution in [3.05, 3.63) is 90.9 Å². The maximum Gasteiger partial charge on any atom is 0.260 e. The summed E-state index contributed by atoms with van der Waals surface area (Å²) >= 11 is 13.6. The number of halogens is 2. The molecule has 1 N–H and O–H groups in total. The maximum absolute atomic E-state index is 13.3. The van der Waals surface area contributed by atoms with Crippen molar-refractivity contribution in [2.75, 3.05) is 5.32 Å². The number of nitrogens with zero attached hydrogens (tertiary/aromatic N) is 3. The summed E-state index contributed by atoms with van der Waals surface area (Å²) in [6, 6.07) is 16.4. The SMILES string of the molecule is CC(C)(C)C(=O)n1nc(-c2cccn(Cc3cccc(Cl)c3)c2=O)cc1NCc1ccc(Cl)s1. The van der Waals surface area contributed by atoms with Gasteiger partial charge in [-0.1, -0.05) is 56.1 Å². The molecule has 4 aromatic rings. The lowest BCUT2D eigenvalue weighted by molar-refractivity contribution is 0.0752. The Bertz CT molecular complexity index is 1400. The second-order valence-electron chi connectivity index (χ2n) is 8.93. The molecule has 9 heteroatoms. The van der Waals surface area contributed by atoms with Crippen molar-refractivity contribution in [2.24, 2.45) is 5.41 Å². The number of rotatable bonds is 6. The lowest BCUT2D eigenvalue weighted by atomic mass is 9.96. The van der Waals surface area contributed by atoms with Crippen LogP contribution in [0.4, 0.5) is 5.82 Å². The summed E-state index contributed by atoms with van der Waals surface area (Å²) in [5.41, 5.74) is 0.890. The van der Waals surface area contributed by atoms with E-state index in [1.807, 2.05) is 51.1 Å². The van der Waals surface area contributed by atoms with E-state index in [4.69, 9.17) is 23.2 Å². The van der Waals surface area contributed by atoms with E-state index in [2.05, 4.69) is 10.4 Å². The fraction of sp³-hybridized carbons (Fsp3) is 0.240. The highest BCUT2D eigenvalue weighted by Gasteiger charge is 2.27. The number of benzene rings is 1. The van der Waals surface area contributed by atoms with Crippen LogP contribution in [0.5, 0.6) is 0 Å². The van der Waals surface area contributed by atoms with Gasteiger partial charge in [-0.3, -0.25) is 9.59 Å². The van der Waals surface area contributed by atoms with Gasteiger partial charge in [0.1, 0.15) is 11.5 Å². The summed E-state index contributed by atoms with van der Waals surface area (Å²) in [7, 11) is 0. The molecule has 0 aliphatic rings. The van der Waals surface area contributed by atoms with Crippen LogP contribution in [-0.2, 0) is 13.1 Å². The minimum Gasteiger partial charge on any atom is -0.365 e. The lowest BCUT2D eigenvalue weighted by Gasteiger charge is -2.18. The van der Waals surface area contributed by atoms with Crippen LogP contribution in [0, 0.1) is 5.41 Å². The van der Waals surface area contributed by atoms with Gasteiger partial charge < -0.3 is 9.88 Å². The first-order valence-corrected chi connectivity index (χ1v) is 12.3. The van der Waals surface area contributed by atoms with E-state index in [9.17, 15) is 9.59 Å². The Hall–Kier alpha value is -2.87. The van der Waals surface area contributed by atoms with Crippen LogP contribution in [0.25, 0.3) is 11.3 Å². The molecule has 176 valence electrons. The third kappa shape index (κ3) is 5.43. The number of aromatic nitrogens is 3. The third-order valence-corrected chi connectivity index (χ3v) is 6.62. The van der Waals surface area contributed by atoms with Gasteiger partial charge in [-0.2, -0.15) is 9.78 Å². The van der Waals surface area contributed by atoms with Gasteiger partial charge in [-0.15, -0.1) is 11.3 Å². The van der Waals surface area contributed by atoms with Crippen LogP contribution in [0.1, 0.15) is 36.0 Å². The van der Waals surface area contributed by atoms with Crippen LogP contribution in [0.15, 0.2) is 65.6 Å². The van der Waals surface area contributed by atoms with E-state index in [1.54, 1.807) is 35.0 Å². The van der Waals surface area contributed by atoms with Gasteiger partial charge in [-0.05, 0) is 42.0 Å². The minimum absolute atomic E-state index is 0.180. The first-order chi connectivity index (χ1) is 16.1. The number of carbonyl (C=O) groups is 1. The molecule has 0 aliphatic carbocycles. The summed E-state index contributed by atoms with van der Waals surface area (Å²) in [6.45, 7) is 6.35. The molecule has 0 radical (unpaired) electrons. The molecular formula is C25H24Cl2N4O2S. The standard InChI is InChI=1S/C25H24Cl2N4O2S/c1-25(2,3)24(33)31-22(28-14-18-9-10-21(27)34-18)13-20(29-31)19-8-5-11-30(23(19)32)15-16-6-4-7-17(26)12-16/h4-13,28H,14-15H2,1-3H3. The van der Waals surface area contributed by atoms with E-state index < -0.39 is 5.41 Å². The fourth-order valence-corrected chi connectivity index (χ4v) is 4.66. The first kappa shape index (κ1) is 24.3. The molecule has 0 saturated heterocycles. The summed E-state index contributed by atoms with van der Waals surface area (Å²) in [6.07, 6.45) is 1.73. The highest BCUT2D eigenvalue weighted by atomic mass is 35.5. The summed E-state index contributed by atoms with van der Waals surface area (Å²) in [5.74, 6) is 0.338. The highest BCUT2D eigenvalue weighted by Crippen LogP contribution is 2.26. The van der Waals surface area contributed by atoms with Gasteiger partial charge in [-0.25, -0.2) is 0 Å². The third-order valence-electron chi connectivity index (χ3n) is 5.15.